The molecule has 0 radical (unpaired) electrons. The molecule has 0 heterocycles. The largest absolute Gasteiger partial charge is 0.493 e. The Hall–Kier alpha value is -2.73. The molecule has 2 amide bonds. The van der Waals surface area contributed by atoms with Crippen molar-refractivity contribution in [2.75, 3.05) is 20.2 Å². The van der Waals surface area contributed by atoms with Gasteiger partial charge in [-0.3, -0.25) is 9.59 Å². The summed E-state index contributed by atoms with van der Waals surface area (Å²) in [6.07, 6.45) is 1.93. The van der Waals surface area contributed by atoms with E-state index in [1.165, 1.54) is 7.11 Å². The van der Waals surface area contributed by atoms with Crippen molar-refractivity contribution >= 4 is 23.4 Å². The van der Waals surface area contributed by atoms with Crippen LogP contribution in [0.25, 0.3) is 0 Å². The minimum atomic E-state index is -0.233. The minimum Gasteiger partial charge on any atom is -0.493 e. The van der Waals surface area contributed by atoms with E-state index in [0.717, 1.165) is 18.4 Å². The second-order valence-electron chi connectivity index (χ2n) is 6.60. The van der Waals surface area contributed by atoms with Crippen molar-refractivity contribution in [3.63, 3.8) is 0 Å². The van der Waals surface area contributed by atoms with E-state index in [-0.39, 0.29) is 17.7 Å². The minimum absolute atomic E-state index is 0.0677. The molecule has 3 rings (SSSR count). The molecule has 1 aliphatic rings. The Bertz CT molecular complexity index is 835. The smallest absolute Gasteiger partial charge is 0.251 e. The van der Waals surface area contributed by atoms with Crippen molar-refractivity contribution in [1.82, 2.24) is 10.6 Å². The Morgan fingerprint density at radius 2 is 1.75 bits per heavy atom. The fraction of sp³-hybridized carbons (Fsp3) is 0.333. The molecule has 6 nitrogen and oxygen atoms in total. The zero-order chi connectivity index (χ0) is 19.9. The highest BCUT2D eigenvalue weighted by molar-refractivity contribution is 6.30. The Morgan fingerprint density at radius 3 is 2.43 bits per heavy atom. The fourth-order valence-corrected chi connectivity index (χ4v) is 2.75. The van der Waals surface area contributed by atoms with Crippen LogP contribution in [0.1, 0.15) is 28.8 Å². The normalized spacial score (nSPS) is 12.9. The third kappa shape index (κ3) is 5.63. The lowest BCUT2D eigenvalue weighted by molar-refractivity contribution is -0.122. The molecular weight excluding hydrogens is 380 g/mol. The standard InChI is InChI=1S/C21H23ClN2O4/c1-27-19-12-16(21(26)24-11-10-23-20(25)15-4-5-15)6-9-18(19)28-13-14-2-7-17(22)8-3-14/h2-3,6-9,12,15H,4-5,10-11,13H2,1H3,(H,23,25)(H,24,26). The van der Waals surface area contributed by atoms with Crippen LogP contribution in [0.3, 0.4) is 0 Å². The van der Waals surface area contributed by atoms with E-state index < -0.39 is 0 Å². The molecule has 0 bridgehead atoms. The maximum absolute atomic E-state index is 12.3. The van der Waals surface area contributed by atoms with Crippen LogP contribution in [0.5, 0.6) is 11.5 Å². The van der Waals surface area contributed by atoms with Crippen molar-refractivity contribution in [3.8, 4) is 11.5 Å². The maximum Gasteiger partial charge on any atom is 0.251 e. The van der Waals surface area contributed by atoms with E-state index in [1.807, 2.05) is 12.1 Å². The van der Waals surface area contributed by atoms with Gasteiger partial charge in [0.25, 0.3) is 5.91 Å². The van der Waals surface area contributed by atoms with Gasteiger partial charge in [0.05, 0.1) is 7.11 Å². The van der Waals surface area contributed by atoms with E-state index in [9.17, 15) is 9.59 Å². The van der Waals surface area contributed by atoms with E-state index in [4.69, 9.17) is 21.1 Å². The van der Waals surface area contributed by atoms with Crippen molar-refractivity contribution < 1.29 is 19.1 Å². The first-order valence-corrected chi connectivity index (χ1v) is 9.56. The topological polar surface area (TPSA) is 76.7 Å². The summed E-state index contributed by atoms with van der Waals surface area (Å²) in [4.78, 5) is 23.9. The molecule has 7 heteroatoms. The molecule has 0 aromatic heterocycles. The van der Waals surface area contributed by atoms with Crippen LogP contribution in [-0.2, 0) is 11.4 Å². The Morgan fingerprint density at radius 1 is 1.04 bits per heavy atom. The highest BCUT2D eigenvalue weighted by atomic mass is 35.5. The molecule has 1 fully saturated rings. The van der Waals surface area contributed by atoms with Crippen LogP contribution in [0.4, 0.5) is 0 Å². The van der Waals surface area contributed by atoms with Gasteiger partial charge in [0, 0.05) is 29.6 Å². The number of methoxy groups -OCH3 is 1. The second-order valence-corrected chi connectivity index (χ2v) is 7.04. The third-order valence-electron chi connectivity index (χ3n) is 4.39. The van der Waals surface area contributed by atoms with Crippen molar-refractivity contribution in [2.45, 2.75) is 19.4 Å². The van der Waals surface area contributed by atoms with Crippen LogP contribution in [0.15, 0.2) is 42.5 Å². The highest BCUT2D eigenvalue weighted by Crippen LogP contribution is 2.29. The van der Waals surface area contributed by atoms with Gasteiger partial charge in [-0.15, -0.1) is 0 Å². The Labute approximate surface area is 169 Å². The van der Waals surface area contributed by atoms with Gasteiger partial charge >= 0.3 is 0 Å². The zero-order valence-corrected chi connectivity index (χ0v) is 16.4. The Balaban J connectivity index is 1.51. The lowest BCUT2D eigenvalue weighted by Crippen LogP contribution is -2.35. The quantitative estimate of drug-likeness (QED) is 0.631. The zero-order valence-electron chi connectivity index (χ0n) is 15.7. The molecule has 0 saturated heterocycles. The molecule has 1 aliphatic carbocycles. The number of ether oxygens (including phenoxy) is 2. The predicted octanol–water partition coefficient (Wildman–Crippen LogP) is 3.18. The van der Waals surface area contributed by atoms with Gasteiger partial charge in [-0.25, -0.2) is 0 Å². The van der Waals surface area contributed by atoms with Gasteiger partial charge in [-0.2, -0.15) is 0 Å². The monoisotopic (exact) mass is 402 g/mol. The van der Waals surface area contributed by atoms with Crippen LogP contribution >= 0.6 is 11.6 Å². The fourth-order valence-electron chi connectivity index (χ4n) is 2.62. The highest BCUT2D eigenvalue weighted by Gasteiger charge is 2.29. The lowest BCUT2D eigenvalue weighted by atomic mass is 10.2. The van der Waals surface area contributed by atoms with E-state index in [1.54, 1.807) is 30.3 Å². The molecule has 148 valence electrons. The molecular formula is C21H23ClN2O4. The molecule has 28 heavy (non-hydrogen) atoms. The molecule has 0 atom stereocenters. The molecule has 0 aliphatic heterocycles. The summed E-state index contributed by atoms with van der Waals surface area (Å²) in [5, 5.41) is 6.27. The summed E-state index contributed by atoms with van der Waals surface area (Å²) in [5.41, 5.74) is 1.44. The first-order chi connectivity index (χ1) is 13.6. The van der Waals surface area contributed by atoms with E-state index >= 15 is 0 Å². The predicted molar refractivity (Wildman–Crippen MR) is 107 cm³/mol. The number of hydrogen-bond donors (Lipinski definition) is 2. The van der Waals surface area contributed by atoms with Crippen molar-refractivity contribution in [3.05, 3.63) is 58.6 Å². The first-order valence-electron chi connectivity index (χ1n) is 9.18. The summed E-state index contributed by atoms with van der Waals surface area (Å²) in [6, 6.07) is 12.4. The number of nitrogens with one attached hydrogen (secondary N) is 2. The second kappa shape index (κ2) is 9.46. The number of halogens is 1. The van der Waals surface area contributed by atoms with Gasteiger partial charge in [-0.05, 0) is 48.7 Å². The van der Waals surface area contributed by atoms with Gasteiger partial charge in [0.1, 0.15) is 6.61 Å². The molecule has 1 saturated carbocycles. The molecule has 0 unspecified atom stereocenters. The van der Waals surface area contributed by atoms with E-state index in [2.05, 4.69) is 10.6 Å². The summed E-state index contributed by atoms with van der Waals surface area (Å²) in [5.74, 6) is 1.02. The molecule has 2 aromatic carbocycles. The summed E-state index contributed by atoms with van der Waals surface area (Å²) in [6.45, 7) is 1.15. The van der Waals surface area contributed by atoms with Crippen LogP contribution < -0.4 is 20.1 Å². The number of amides is 2. The number of rotatable bonds is 9. The summed E-state index contributed by atoms with van der Waals surface area (Å²) in [7, 11) is 1.53. The number of carbonyl (C=O) groups excluding carboxylic acids is 2. The third-order valence-corrected chi connectivity index (χ3v) is 4.64. The average Bonchev–Trinajstić information content (AvgIpc) is 3.56. The maximum atomic E-state index is 12.3. The van der Waals surface area contributed by atoms with Crippen LogP contribution in [0.2, 0.25) is 5.02 Å². The van der Waals surface area contributed by atoms with Crippen molar-refractivity contribution in [1.29, 1.82) is 0 Å². The van der Waals surface area contributed by atoms with Crippen LogP contribution in [-0.4, -0.2) is 32.0 Å². The van der Waals surface area contributed by atoms with Gasteiger partial charge in [-0.1, -0.05) is 23.7 Å². The Kier molecular flexibility index (Phi) is 6.76. The van der Waals surface area contributed by atoms with E-state index in [0.29, 0.717) is 41.8 Å². The number of benzene rings is 2. The molecule has 0 spiro atoms. The number of hydrogen-bond acceptors (Lipinski definition) is 4. The van der Waals surface area contributed by atoms with Crippen LogP contribution in [0, 0.1) is 5.92 Å². The van der Waals surface area contributed by atoms with Gasteiger partial charge in [0.15, 0.2) is 11.5 Å². The summed E-state index contributed by atoms with van der Waals surface area (Å²) >= 11 is 5.88. The average molecular weight is 403 g/mol. The summed E-state index contributed by atoms with van der Waals surface area (Å²) < 4.78 is 11.1. The lowest BCUT2D eigenvalue weighted by Gasteiger charge is -2.13. The molecule has 2 aromatic rings. The molecule has 2 N–H and O–H groups in total. The van der Waals surface area contributed by atoms with Crippen molar-refractivity contribution in [2.24, 2.45) is 5.92 Å². The number of carbonyl (C=O) groups is 2. The SMILES string of the molecule is COc1cc(C(=O)NCCNC(=O)C2CC2)ccc1OCc1ccc(Cl)cc1. The first kappa shape index (κ1) is 20.0. The van der Waals surface area contributed by atoms with Gasteiger partial charge in [0.2, 0.25) is 5.91 Å². The van der Waals surface area contributed by atoms with Gasteiger partial charge < -0.3 is 20.1 Å².